The van der Waals surface area contributed by atoms with Crippen molar-refractivity contribution in [2.45, 2.75) is 53.1 Å². The first-order chi connectivity index (χ1) is 7.02. The summed E-state index contributed by atoms with van der Waals surface area (Å²) in [5.41, 5.74) is 4.10. The summed E-state index contributed by atoms with van der Waals surface area (Å²) in [4.78, 5) is 0. The lowest BCUT2D eigenvalue weighted by molar-refractivity contribution is 0.469. The summed E-state index contributed by atoms with van der Waals surface area (Å²) in [5.74, 6) is 0. The highest BCUT2D eigenvalue weighted by Gasteiger charge is 2.08. The maximum Gasteiger partial charge on any atom is 0.0294 e. The van der Waals surface area contributed by atoms with Gasteiger partial charge in [-0.05, 0) is 39.7 Å². The van der Waals surface area contributed by atoms with Gasteiger partial charge in [-0.25, -0.2) is 0 Å². The van der Waals surface area contributed by atoms with E-state index in [-0.39, 0.29) is 0 Å². The van der Waals surface area contributed by atoms with Gasteiger partial charge in [-0.2, -0.15) is 0 Å². The second kappa shape index (κ2) is 5.32. The van der Waals surface area contributed by atoms with E-state index in [0.29, 0.717) is 12.1 Å². The molecule has 0 spiro atoms. The minimum absolute atomic E-state index is 0.443. The third-order valence-corrected chi connectivity index (χ3v) is 2.89. The molecular weight excluding hydrogens is 182 g/mol. The Morgan fingerprint density at radius 2 is 1.60 bits per heavy atom. The summed E-state index contributed by atoms with van der Waals surface area (Å²) in [6, 6.07) is 7.79. The topological polar surface area (TPSA) is 12.0 Å². The van der Waals surface area contributed by atoms with Crippen molar-refractivity contribution in [3.63, 3.8) is 0 Å². The monoisotopic (exact) mass is 205 g/mol. The maximum absolute atomic E-state index is 3.60. The minimum Gasteiger partial charge on any atom is -0.308 e. The van der Waals surface area contributed by atoms with Crippen molar-refractivity contribution in [2.75, 3.05) is 0 Å². The van der Waals surface area contributed by atoms with Crippen LogP contribution >= 0.6 is 0 Å². The average molecular weight is 205 g/mol. The number of benzene rings is 1. The second-order valence-electron chi connectivity index (χ2n) is 4.62. The molecule has 1 nitrogen and oxygen atoms in total. The summed E-state index contributed by atoms with van der Waals surface area (Å²) in [5, 5.41) is 3.60. The molecule has 0 bridgehead atoms. The standard InChI is InChI=1S/C14H23N/c1-6-12(4)15-13(5)14-8-10(2)7-11(3)9-14/h7-9,12-13,15H,6H2,1-5H3. The Balaban J connectivity index is 2.77. The van der Waals surface area contributed by atoms with Crippen LogP contribution in [0.4, 0.5) is 0 Å². The maximum atomic E-state index is 3.60. The molecular formula is C14H23N. The van der Waals surface area contributed by atoms with Gasteiger partial charge in [0.2, 0.25) is 0 Å². The zero-order chi connectivity index (χ0) is 11.4. The summed E-state index contributed by atoms with van der Waals surface area (Å²) >= 11 is 0. The van der Waals surface area contributed by atoms with Crippen LogP contribution in [0.5, 0.6) is 0 Å². The van der Waals surface area contributed by atoms with Gasteiger partial charge in [0.05, 0.1) is 0 Å². The lowest BCUT2D eigenvalue weighted by Gasteiger charge is -2.20. The molecule has 84 valence electrons. The minimum atomic E-state index is 0.443. The molecule has 0 fully saturated rings. The third kappa shape index (κ3) is 3.67. The molecule has 15 heavy (non-hydrogen) atoms. The van der Waals surface area contributed by atoms with Gasteiger partial charge in [0.1, 0.15) is 0 Å². The van der Waals surface area contributed by atoms with E-state index < -0.39 is 0 Å². The molecule has 0 radical (unpaired) electrons. The zero-order valence-corrected chi connectivity index (χ0v) is 10.6. The first-order valence-corrected chi connectivity index (χ1v) is 5.87. The molecule has 1 heteroatoms. The Kier molecular flexibility index (Phi) is 4.34. The molecule has 1 aromatic carbocycles. The van der Waals surface area contributed by atoms with Gasteiger partial charge in [-0.15, -0.1) is 0 Å². The van der Waals surface area contributed by atoms with Crippen molar-refractivity contribution in [3.8, 4) is 0 Å². The number of rotatable bonds is 4. The molecule has 0 aliphatic carbocycles. The highest BCUT2D eigenvalue weighted by molar-refractivity contribution is 5.30. The van der Waals surface area contributed by atoms with E-state index in [2.05, 4.69) is 58.1 Å². The molecule has 0 amide bonds. The fraction of sp³-hybridized carbons (Fsp3) is 0.571. The molecule has 1 N–H and O–H groups in total. The first-order valence-electron chi connectivity index (χ1n) is 5.87. The predicted molar refractivity (Wildman–Crippen MR) is 67.2 cm³/mol. The SMILES string of the molecule is CCC(C)NC(C)c1cc(C)cc(C)c1. The van der Waals surface area contributed by atoms with E-state index >= 15 is 0 Å². The van der Waals surface area contributed by atoms with Crippen LogP contribution in [0.3, 0.4) is 0 Å². The molecule has 0 saturated heterocycles. The zero-order valence-electron chi connectivity index (χ0n) is 10.6. The van der Waals surface area contributed by atoms with Crippen molar-refractivity contribution < 1.29 is 0 Å². The van der Waals surface area contributed by atoms with Crippen molar-refractivity contribution in [2.24, 2.45) is 0 Å². The molecule has 0 saturated carbocycles. The number of aryl methyl sites for hydroxylation is 2. The molecule has 1 aromatic rings. The fourth-order valence-electron chi connectivity index (χ4n) is 1.90. The van der Waals surface area contributed by atoms with Crippen LogP contribution in [0.25, 0.3) is 0 Å². The highest BCUT2D eigenvalue weighted by Crippen LogP contribution is 2.17. The predicted octanol–water partition coefficient (Wildman–Crippen LogP) is 3.75. The number of hydrogen-bond donors (Lipinski definition) is 1. The van der Waals surface area contributed by atoms with E-state index in [1.807, 2.05) is 0 Å². The number of nitrogens with one attached hydrogen (secondary N) is 1. The van der Waals surface area contributed by atoms with Crippen LogP contribution in [0, 0.1) is 13.8 Å². The van der Waals surface area contributed by atoms with E-state index in [9.17, 15) is 0 Å². The third-order valence-electron chi connectivity index (χ3n) is 2.89. The molecule has 1 rings (SSSR count). The van der Waals surface area contributed by atoms with Crippen LogP contribution in [-0.2, 0) is 0 Å². The summed E-state index contributed by atoms with van der Waals surface area (Å²) in [6.07, 6.45) is 1.18. The van der Waals surface area contributed by atoms with Crippen LogP contribution in [0.1, 0.15) is 49.9 Å². The molecule has 0 aliphatic rings. The van der Waals surface area contributed by atoms with Crippen LogP contribution in [-0.4, -0.2) is 6.04 Å². The Morgan fingerprint density at radius 3 is 2.07 bits per heavy atom. The highest BCUT2D eigenvalue weighted by atomic mass is 14.9. The Labute approximate surface area is 93.9 Å². The molecule has 0 heterocycles. The van der Waals surface area contributed by atoms with Crippen molar-refractivity contribution in [1.29, 1.82) is 0 Å². The van der Waals surface area contributed by atoms with Gasteiger partial charge in [0, 0.05) is 12.1 Å². The summed E-state index contributed by atoms with van der Waals surface area (Å²) in [7, 11) is 0. The van der Waals surface area contributed by atoms with Crippen molar-refractivity contribution >= 4 is 0 Å². The average Bonchev–Trinajstić information content (AvgIpc) is 2.16. The quantitative estimate of drug-likeness (QED) is 0.789. The van der Waals surface area contributed by atoms with E-state index in [1.165, 1.54) is 23.1 Å². The number of hydrogen-bond acceptors (Lipinski definition) is 1. The van der Waals surface area contributed by atoms with Gasteiger partial charge in [-0.3, -0.25) is 0 Å². The molecule has 2 unspecified atom stereocenters. The molecule has 0 aromatic heterocycles. The van der Waals surface area contributed by atoms with Crippen molar-refractivity contribution in [1.82, 2.24) is 5.32 Å². The smallest absolute Gasteiger partial charge is 0.0294 e. The normalized spacial score (nSPS) is 15.0. The van der Waals surface area contributed by atoms with Crippen LogP contribution in [0.2, 0.25) is 0 Å². The summed E-state index contributed by atoms with van der Waals surface area (Å²) in [6.45, 7) is 11.0. The van der Waals surface area contributed by atoms with Crippen LogP contribution < -0.4 is 5.32 Å². The fourth-order valence-corrected chi connectivity index (χ4v) is 1.90. The largest absolute Gasteiger partial charge is 0.308 e. The first kappa shape index (κ1) is 12.3. The van der Waals surface area contributed by atoms with Gasteiger partial charge in [-0.1, -0.05) is 36.2 Å². The van der Waals surface area contributed by atoms with Crippen LogP contribution in [0.15, 0.2) is 18.2 Å². The molecule has 0 aliphatic heterocycles. The Bertz CT molecular complexity index is 297. The Morgan fingerprint density at radius 1 is 1.07 bits per heavy atom. The summed E-state index contributed by atoms with van der Waals surface area (Å²) < 4.78 is 0. The lowest BCUT2D eigenvalue weighted by atomic mass is 10.0. The Hall–Kier alpha value is -0.820. The van der Waals surface area contributed by atoms with Gasteiger partial charge >= 0.3 is 0 Å². The second-order valence-corrected chi connectivity index (χ2v) is 4.62. The van der Waals surface area contributed by atoms with Gasteiger partial charge in [0.15, 0.2) is 0 Å². The van der Waals surface area contributed by atoms with Crippen molar-refractivity contribution in [3.05, 3.63) is 34.9 Å². The van der Waals surface area contributed by atoms with E-state index in [4.69, 9.17) is 0 Å². The van der Waals surface area contributed by atoms with E-state index in [0.717, 1.165) is 0 Å². The lowest BCUT2D eigenvalue weighted by Crippen LogP contribution is -2.28. The van der Waals surface area contributed by atoms with Gasteiger partial charge < -0.3 is 5.32 Å². The van der Waals surface area contributed by atoms with E-state index in [1.54, 1.807) is 0 Å². The molecule has 2 atom stereocenters. The van der Waals surface area contributed by atoms with Gasteiger partial charge in [0.25, 0.3) is 0 Å².